The Morgan fingerprint density at radius 3 is 2.47 bits per heavy atom. The molecule has 0 fully saturated rings. The fourth-order valence-corrected chi connectivity index (χ4v) is 2.02. The minimum absolute atomic E-state index is 0.731. The van der Waals surface area contributed by atoms with Gasteiger partial charge in [0.05, 0.1) is 0 Å². The Balaban J connectivity index is 0.000000167. The highest BCUT2D eigenvalue weighted by Crippen LogP contribution is 2.39. The van der Waals surface area contributed by atoms with Crippen molar-refractivity contribution < 1.29 is 9.90 Å². The van der Waals surface area contributed by atoms with Gasteiger partial charge in [-0.15, -0.1) is 11.8 Å². The molecular weight excluding hydrogens is 210 g/mol. The zero-order chi connectivity index (χ0) is 11.4. The van der Waals surface area contributed by atoms with Crippen molar-refractivity contribution in [2.24, 2.45) is 5.73 Å². The lowest BCUT2D eigenvalue weighted by Gasteiger charge is -2.19. The summed E-state index contributed by atoms with van der Waals surface area (Å²) in [6.45, 7) is 3.59. The molecule has 0 saturated heterocycles. The summed E-state index contributed by atoms with van der Waals surface area (Å²) in [5, 5.41) is 7.87. The Bertz CT molecular complexity index is 349. The van der Waals surface area contributed by atoms with Gasteiger partial charge in [0.2, 0.25) is 0 Å². The molecule has 0 aromatic heterocycles. The van der Waals surface area contributed by atoms with Crippen molar-refractivity contribution in [2.75, 3.05) is 0 Å². The number of fused-ring (bicyclic) bond motifs is 1. The third kappa shape index (κ3) is 3.25. The Morgan fingerprint density at radius 2 is 2.20 bits per heavy atom. The molecule has 0 amide bonds. The maximum Gasteiger partial charge on any atom is 0.320 e. The fourth-order valence-electron chi connectivity index (χ4n) is 1.10. The number of carboxylic acid groups (broad SMARTS) is 1. The van der Waals surface area contributed by atoms with Crippen molar-refractivity contribution in [3.8, 4) is 0 Å². The van der Waals surface area contributed by atoms with Crippen molar-refractivity contribution in [3.05, 3.63) is 29.3 Å². The molecule has 0 aliphatic carbocycles. The quantitative estimate of drug-likeness (QED) is 0.767. The molecular formula is C11H15NO2S. The van der Waals surface area contributed by atoms with E-state index in [0.717, 1.165) is 0 Å². The van der Waals surface area contributed by atoms with E-state index in [2.05, 4.69) is 25.1 Å². The third-order valence-corrected chi connectivity index (χ3v) is 3.38. The van der Waals surface area contributed by atoms with Gasteiger partial charge in [-0.1, -0.05) is 18.2 Å². The first-order chi connectivity index (χ1) is 7.02. The molecule has 1 atom stereocenters. The maximum absolute atomic E-state index is 9.57. The van der Waals surface area contributed by atoms with Crippen molar-refractivity contribution >= 4 is 17.7 Å². The lowest BCUT2D eigenvalue weighted by molar-refractivity contribution is -0.138. The molecule has 1 aliphatic heterocycles. The maximum atomic E-state index is 9.57. The number of rotatable bonds is 1. The Kier molecular flexibility index (Phi) is 4.17. The summed E-state index contributed by atoms with van der Waals surface area (Å²) in [5.41, 5.74) is 7.80. The summed E-state index contributed by atoms with van der Waals surface area (Å²) in [4.78, 5) is 11.1. The average molecular weight is 225 g/mol. The van der Waals surface area contributed by atoms with Gasteiger partial charge in [0.15, 0.2) is 0 Å². The number of aliphatic carboxylic acids is 1. The highest BCUT2D eigenvalue weighted by atomic mass is 32.2. The van der Waals surface area contributed by atoms with Gasteiger partial charge in [-0.2, -0.15) is 0 Å². The predicted molar refractivity (Wildman–Crippen MR) is 62.0 cm³/mol. The first kappa shape index (κ1) is 12.1. The number of nitrogens with two attached hydrogens (primary N) is 1. The van der Waals surface area contributed by atoms with Crippen molar-refractivity contribution in [2.45, 2.75) is 30.5 Å². The molecule has 1 aromatic rings. The van der Waals surface area contributed by atoms with Crippen LogP contribution >= 0.6 is 11.8 Å². The van der Waals surface area contributed by atoms with Gasteiger partial charge < -0.3 is 10.8 Å². The Hall–Kier alpha value is -1.00. The smallest absolute Gasteiger partial charge is 0.320 e. The van der Waals surface area contributed by atoms with E-state index in [-0.39, 0.29) is 0 Å². The Labute approximate surface area is 93.7 Å². The number of benzene rings is 1. The van der Waals surface area contributed by atoms with E-state index in [4.69, 9.17) is 10.8 Å². The molecule has 0 spiro atoms. The van der Waals surface area contributed by atoms with Crippen LogP contribution in [0, 0.1) is 6.92 Å². The van der Waals surface area contributed by atoms with Crippen LogP contribution in [0.2, 0.25) is 0 Å². The molecule has 4 heteroatoms. The summed E-state index contributed by atoms with van der Waals surface area (Å²) in [7, 11) is 0. The first-order valence-corrected chi connectivity index (χ1v) is 5.70. The van der Waals surface area contributed by atoms with Crippen LogP contribution < -0.4 is 5.73 Å². The molecule has 0 radical (unpaired) electrons. The minimum Gasteiger partial charge on any atom is -0.480 e. The van der Waals surface area contributed by atoms with Gasteiger partial charge in [-0.3, -0.25) is 4.79 Å². The van der Waals surface area contributed by atoms with Gasteiger partial charge in [-0.05, 0) is 25.0 Å². The van der Waals surface area contributed by atoms with E-state index in [9.17, 15) is 4.79 Å². The molecule has 1 unspecified atom stereocenters. The standard InChI is InChI=1S/C8H8S.C3H7NO2/c1-6-3-2-4-7-5-9-8(6)7;1-2(4)3(5)6/h2-4H,5H2,1H3;2H,4H2,1H3,(H,5,6). The Morgan fingerprint density at radius 1 is 1.60 bits per heavy atom. The number of carbonyl (C=O) groups is 1. The van der Waals surface area contributed by atoms with E-state index in [0.29, 0.717) is 0 Å². The molecule has 1 aliphatic rings. The number of carboxylic acids is 1. The zero-order valence-electron chi connectivity index (χ0n) is 8.86. The fraction of sp³-hybridized carbons (Fsp3) is 0.364. The predicted octanol–water partition coefficient (Wildman–Crippen LogP) is 2.02. The normalized spacial score (nSPS) is 14.1. The van der Waals surface area contributed by atoms with Crippen LogP contribution in [0.4, 0.5) is 0 Å². The van der Waals surface area contributed by atoms with Gasteiger partial charge >= 0.3 is 5.97 Å². The minimum atomic E-state index is -0.963. The largest absolute Gasteiger partial charge is 0.480 e. The SMILES string of the molecule is CC(N)C(=O)O.Cc1cccc2c1SC2. The lowest BCUT2D eigenvalue weighted by atomic mass is 10.1. The van der Waals surface area contributed by atoms with Gasteiger partial charge in [-0.25, -0.2) is 0 Å². The molecule has 0 bridgehead atoms. The third-order valence-electron chi connectivity index (χ3n) is 2.05. The molecule has 3 nitrogen and oxygen atoms in total. The molecule has 1 heterocycles. The number of hydrogen-bond acceptors (Lipinski definition) is 3. The average Bonchev–Trinajstić information content (AvgIpc) is 2.09. The van der Waals surface area contributed by atoms with Crippen LogP contribution in [-0.4, -0.2) is 17.1 Å². The highest BCUT2D eigenvalue weighted by Gasteiger charge is 2.13. The molecule has 0 saturated carbocycles. The van der Waals surface area contributed by atoms with E-state index in [1.54, 1.807) is 0 Å². The molecule has 82 valence electrons. The molecule has 2 rings (SSSR count). The number of hydrogen-bond donors (Lipinski definition) is 2. The summed E-state index contributed by atoms with van der Waals surface area (Å²) in [6, 6.07) is 5.78. The van der Waals surface area contributed by atoms with E-state index < -0.39 is 12.0 Å². The number of aryl methyl sites for hydroxylation is 1. The second-order valence-electron chi connectivity index (χ2n) is 3.48. The highest BCUT2D eigenvalue weighted by molar-refractivity contribution is 8.00. The molecule has 3 N–H and O–H groups in total. The zero-order valence-corrected chi connectivity index (χ0v) is 9.67. The second kappa shape index (κ2) is 5.19. The van der Waals surface area contributed by atoms with Crippen LogP contribution in [0.5, 0.6) is 0 Å². The topological polar surface area (TPSA) is 63.3 Å². The van der Waals surface area contributed by atoms with Crippen LogP contribution in [0.25, 0.3) is 0 Å². The van der Waals surface area contributed by atoms with Gasteiger partial charge in [0.25, 0.3) is 0 Å². The summed E-state index contributed by atoms with van der Waals surface area (Å²) in [6.07, 6.45) is 0. The lowest BCUT2D eigenvalue weighted by Crippen LogP contribution is -2.25. The van der Waals surface area contributed by atoms with Crippen LogP contribution in [0.3, 0.4) is 0 Å². The van der Waals surface area contributed by atoms with Crippen LogP contribution in [0.15, 0.2) is 23.1 Å². The van der Waals surface area contributed by atoms with Gasteiger partial charge in [0.1, 0.15) is 6.04 Å². The summed E-state index contributed by atoms with van der Waals surface area (Å²) in [5.74, 6) is 0.256. The van der Waals surface area contributed by atoms with Gasteiger partial charge in [0, 0.05) is 10.6 Å². The second-order valence-corrected chi connectivity index (χ2v) is 4.46. The monoisotopic (exact) mass is 225 g/mol. The van der Waals surface area contributed by atoms with Crippen molar-refractivity contribution in [1.29, 1.82) is 0 Å². The van der Waals surface area contributed by atoms with Crippen molar-refractivity contribution in [1.82, 2.24) is 0 Å². The summed E-state index contributed by atoms with van der Waals surface area (Å²) < 4.78 is 0. The van der Waals surface area contributed by atoms with Crippen LogP contribution in [-0.2, 0) is 10.5 Å². The van der Waals surface area contributed by atoms with E-state index in [1.165, 1.54) is 28.7 Å². The number of thioether (sulfide) groups is 1. The first-order valence-electron chi connectivity index (χ1n) is 4.72. The summed E-state index contributed by atoms with van der Waals surface area (Å²) >= 11 is 1.96. The van der Waals surface area contributed by atoms with E-state index in [1.807, 2.05) is 11.8 Å². The van der Waals surface area contributed by atoms with Crippen LogP contribution in [0.1, 0.15) is 18.1 Å². The molecule has 1 aromatic carbocycles. The van der Waals surface area contributed by atoms with E-state index >= 15 is 0 Å². The molecule has 15 heavy (non-hydrogen) atoms. The van der Waals surface area contributed by atoms with Crippen molar-refractivity contribution in [3.63, 3.8) is 0 Å².